The van der Waals surface area contributed by atoms with Crippen molar-refractivity contribution in [3.63, 3.8) is 0 Å². The lowest BCUT2D eigenvalue weighted by atomic mass is 9.90. The van der Waals surface area contributed by atoms with Gasteiger partial charge in [0.05, 0.1) is 11.9 Å². The van der Waals surface area contributed by atoms with Crippen LogP contribution in [0.5, 0.6) is 0 Å². The normalized spacial score (nSPS) is 16.9. The lowest BCUT2D eigenvalue weighted by Gasteiger charge is -2.33. The molecule has 4 rings (SSSR count). The molecule has 0 spiro atoms. The van der Waals surface area contributed by atoms with Crippen LogP contribution in [0.2, 0.25) is 0 Å². The number of hydrogen-bond donors (Lipinski definition) is 0. The number of pyridine rings is 1. The van der Waals surface area contributed by atoms with Crippen molar-refractivity contribution >= 4 is 5.91 Å². The smallest absolute Gasteiger partial charge is 0.274 e. The zero-order valence-corrected chi connectivity index (χ0v) is 15.1. The Morgan fingerprint density at radius 1 is 1.07 bits per heavy atom. The van der Waals surface area contributed by atoms with Gasteiger partial charge in [-0.3, -0.25) is 14.8 Å². The molecule has 136 valence electrons. The molecule has 7 heteroatoms. The highest BCUT2D eigenvalue weighted by Gasteiger charge is 2.29. The fourth-order valence-electron chi connectivity index (χ4n) is 3.51. The second-order valence-electron chi connectivity index (χ2n) is 6.63. The van der Waals surface area contributed by atoms with E-state index in [-0.39, 0.29) is 11.8 Å². The van der Waals surface area contributed by atoms with Crippen molar-refractivity contribution in [2.45, 2.75) is 25.7 Å². The van der Waals surface area contributed by atoms with Gasteiger partial charge in [-0.05, 0) is 37.5 Å². The number of nitrogens with zero attached hydrogens (tertiary/aromatic N) is 6. The van der Waals surface area contributed by atoms with E-state index >= 15 is 0 Å². The Morgan fingerprint density at radius 2 is 1.93 bits per heavy atom. The van der Waals surface area contributed by atoms with Gasteiger partial charge in [0.1, 0.15) is 11.5 Å². The molecule has 4 heterocycles. The van der Waals surface area contributed by atoms with Crippen LogP contribution in [0.1, 0.15) is 40.8 Å². The topological polar surface area (TPSA) is 84.8 Å². The molecular formula is C20H20N6O. The molecule has 1 amide bonds. The predicted molar refractivity (Wildman–Crippen MR) is 99.9 cm³/mol. The maximum absolute atomic E-state index is 12.8. The number of carbonyl (C=O) groups excluding carboxylic acids is 1. The second-order valence-corrected chi connectivity index (χ2v) is 6.63. The SMILES string of the molecule is Cc1ncc(-c2ccncc2)c([C@@H]2CCCN(C(=O)c3cnccn3)C2)n1. The summed E-state index contributed by atoms with van der Waals surface area (Å²) in [7, 11) is 0. The molecule has 27 heavy (non-hydrogen) atoms. The lowest BCUT2D eigenvalue weighted by Crippen LogP contribution is -2.39. The van der Waals surface area contributed by atoms with Crippen molar-refractivity contribution < 1.29 is 4.79 Å². The third-order valence-corrected chi connectivity index (χ3v) is 4.81. The summed E-state index contributed by atoms with van der Waals surface area (Å²) >= 11 is 0. The Kier molecular flexibility index (Phi) is 4.82. The quantitative estimate of drug-likeness (QED) is 0.714. The van der Waals surface area contributed by atoms with Gasteiger partial charge >= 0.3 is 0 Å². The van der Waals surface area contributed by atoms with Gasteiger partial charge in [-0.2, -0.15) is 0 Å². The second kappa shape index (κ2) is 7.57. The van der Waals surface area contributed by atoms with Crippen LogP contribution in [-0.4, -0.2) is 48.8 Å². The molecule has 0 unspecified atom stereocenters. The summed E-state index contributed by atoms with van der Waals surface area (Å²) in [5.41, 5.74) is 3.41. The first-order valence-corrected chi connectivity index (χ1v) is 9.01. The van der Waals surface area contributed by atoms with Crippen LogP contribution in [0.15, 0.2) is 49.3 Å². The van der Waals surface area contributed by atoms with Crippen molar-refractivity contribution in [1.82, 2.24) is 29.8 Å². The first-order chi connectivity index (χ1) is 13.2. The summed E-state index contributed by atoms with van der Waals surface area (Å²) in [6, 6.07) is 3.92. The monoisotopic (exact) mass is 360 g/mol. The average molecular weight is 360 g/mol. The summed E-state index contributed by atoms with van der Waals surface area (Å²) in [6.45, 7) is 3.23. The van der Waals surface area contributed by atoms with Crippen molar-refractivity contribution in [3.8, 4) is 11.1 Å². The van der Waals surface area contributed by atoms with Crippen molar-refractivity contribution in [2.24, 2.45) is 0 Å². The van der Waals surface area contributed by atoms with Crippen molar-refractivity contribution in [1.29, 1.82) is 0 Å². The van der Waals surface area contributed by atoms with Gasteiger partial charge in [0.25, 0.3) is 5.91 Å². The summed E-state index contributed by atoms with van der Waals surface area (Å²) in [6.07, 6.45) is 12.0. The number of piperidine rings is 1. The summed E-state index contributed by atoms with van der Waals surface area (Å²) in [5.74, 6) is 0.813. The van der Waals surface area contributed by atoms with Crippen LogP contribution >= 0.6 is 0 Å². The van der Waals surface area contributed by atoms with Crippen LogP contribution in [-0.2, 0) is 0 Å². The van der Waals surface area contributed by atoms with Gasteiger partial charge in [0.2, 0.25) is 0 Å². The van der Waals surface area contributed by atoms with Gasteiger partial charge in [-0.15, -0.1) is 0 Å². The van der Waals surface area contributed by atoms with Gasteiger partial charge in [0, 0.05) is 55.6 Å². The number of amides is 1. The molecule has 0 N–H and O–H groups in total. The molecule has 3 aromatic rings. The summed E-state index contributed by atoms with van der Waals surface area (Å²) in [4.78, 5) is 36.0. The number of aryl methyl sites for hydroxylation is 1. The Hall–Kier alpha value is -3.22. The third-order valence-electron chi connectivity index (χ3n) is 4.81. The molecule has 1 atom stereocenters. The summed E-state index contributed by atoms with van der Waals surface area (Å²) in [5, 5.41) is 0. The van der Waals surface area contributed by atoms with E-state index in [9.17, 15) is 4.79 Å². The van der Waals surface area contributed by atoms with E-state index in [1.165, 1.54) is 6.20 Å². The molecule has 1 saturated heterocycles. The number of carbonyl (C=O) groups is 1. The fourth-order valence-corrected chi connectivity index (χ4v) is 3.51. The molecule has 3 aromatic heterocycles. The lowest BCUT2D eigenvalue weighted by molar-refractivity contribution is 0.0699. The average Bonchev–Trinajstić information content (AvgIpc) is 2.74. The maximum Gasteiger partial charge on any atom is 0.274 e. The van der Waals surface area contributed by atoms with E-state index < -0.39 is 0 Å². The number of hydrogen-bond acceptors (Lipinski definition) is 6. The largest absolute Gasteiger partial charge is 0.337 e. The Balaban J connectivity index is 1.64. The van der Waals surface area contributed by atoms with Gasteiger partial charge in [-0.25, -0.2) is 15.0 Å². The maximum atomic E-state index is 12.8. The van der Waals surface area contributed by atoms with E-state index in [0.29, 0.717) is 12.2 Å². The highest BCUT2D eigenvalue weighted by Crippen LogP contribution is 2.33. The van der Waals surface area contributed by atoms with Crippen LogP contribution in [0.25, 0.3) is 11.1 Å². The Labute approximate surface area is 157 Å². The number of likely N-dealkylation sites (tertiary alicyclic amines) is 1. The number of rotatable bonds is 3. The van der Waals surface area contributed by atoms with Crippen molar-refractivity contribution in [3.05, 3.63) is 66.5 Å². The van der Waals surface area contributed by atoms with E-state index in [2.05, 4.69) is 19.9 Å². The van der Waals surface area contributed by atoms with Gasteiger partial charge in [-0.1, -0.05) is 0 Å². The molecule has 0 radical (unpaired) electrons. The van der Waals surface area contributed by atoms with E-state index in [1.54, 1.807) is 24.8 Å². The highest BCUT2D eigenvalue weighted by atomic mass is 16.2. The minimum absolute atomic E-state index is 0.0796. The van der Waals surface area contributed by atoms with E-state index in [4.69, 9.17) is 4.98 Å². The number of aromatic nitrogens is 5. The molecule has 1 fully saturated rings. The molecule has 1 aliphatic rings. The van der Waals surface area contributed by atoms with Crippen molar-refractivity contribution in [2.75, 3.05) is 13.1 Å². The van der Waals surface area contributed by atoms with Gasteiger partial charge < -0.3 is 4.90 Å². The Morgan fingerprint density at radius 3 is 2.70 bits per heavy atom. The van der Waals surface area contributed by atoms with Crippen LogP contribution in [0, 0.1) is 6.92 Å². The Bertz CT molecular complexity index is 932. The third kappa shape index (κ3) is 3.67. The highest BCUT2D eigenvalue weighted by molar-refractivity contribution is 5.92. The predicted octanol–water partition coefficient (Wildman–Crippen LogP) is 2.66. The molecule has 0 aliphatic carbocycles. The molecule has 0 aromatic carbocycles. The first-order valence-electron chi connectivity index (χ1n) is 9.01. The minimum atomic E-state index is -0.0796. The minimum Gasteiger partial charge on any atom is -0.337 e. The first kappa shape index (κ1) is 17.2. The molecule has 1 aliphatic heterocycles. The van der Waals surface area contributed by atoms with Crippen LogP contribution < -0.4 is 0 Å². The van der Waals surface area contributed by atoms with Crippen LogP contribution in [0.4, 0.5) is 0 Å². The molecular weight excluding hydrogens is 340 g/mol. The molecule has 7 nitrogen and oxygen atoms in total. The van der Waals surface area contributed by atoms with E-state index in [1.807, 2.05) is 30.2 Å². The molecule has 0 bridgehead atoms. The standard InChI is InChI=1S/C20H20N6O/c1-14-24-11-17(15-4-6-21-7-5-15)19(25-14)16-3-2-10-26(13-16)20(27)18-12-22-8-9-23-18/h4-9,11-12,16H,2-3,10,13H2,1H3/t16-/m1/s1. The zero-order valence-electron chi connectivity index (χ0n) is 15.1. The zero-order chi connectivity index (χ0) is 18.6. The van der Waals surface area contributed by atoms with E-state index in [0.717, 1.165) is 42.0 Å². The molecule has 0 saturated carbocycles. The van der Waals surface area contributed by atoms with Crippen LogP contribution in [0.3, 0.4) is 0 Å². The fraction of sp³-hybridized carbons (Fsp3) is 0.300. The van der Waals surface area contributed by atoms with Gasteiger partial charge in [0.15, 0.2) is 0 Å². The summed E-state index contributed by atoms with van der Waals surface area (Å²) < 4.78 is 0.